The van der Waals surface area contributed by atoms with E-state index in [2.05, 4.69) is 5.32 Å². The van der Waals surface area contributed by atoms with Gasteiger partial charge in [0.15, 0.2) is 6.61 Å². The molecule has 1 aliphatic rings. The molecule has 1 heterocycles. The number of nitrogens with zero attached hydrogens (tertiary/aromatic N) is 3. The molecule has 0 spiro atoms. The topological polar surface area (TPSA) is 137 Å². The van der Waals surface area contributed by atoms with Crippen molar-refractivity contribution < 1.29 is 24.1 Å². The third-order valence-corrected chi connectivity index (χ3v) is 4.24. The van der Waals surface area contributed by atoms with Crippen LogP contribution in [-0.2, 0) is 9.53 Å². The molecule has 2 aromatic rings. The van der Waals surface area contributed by atoms with Crippen LogP contribution in [0.2, 0.25) is 0 Å². The third-order valence-electron chi connectivity index (χ3n) is 4.24. The standard InChI is InChI=1S/C18H18N4O7/c23-18(12-29-15-4-1-13(2-5-15)21(24)25)19-16-6-3-14(22(26)27)11-17(16)20-7-9-28-10-8-20/h1-6,11H,7-10,12H2,(H,19,23). The fourth-order valence-electron chi connectivity index (χ4n) is 2.80. The van der Waals surface area contributed by atoms with E-state index in [9.17, 15) is 25.0 Å². The first-order valence-corrected chi connectivity index (χ1v) is 8.72. The number of carbonyl (C=O) groups is 1. The summed E-state index contributed by atoms with van der Waals surface area (Å²) in [6.07, 6.45) is 0. The summed E-state index contributed by atoms with van der Waals surface area (Å²) in [5, 5.41) is 24.5. The SMILES string of the molecule is O=C(COc1ccc([N+](=O)[O-])cc1)Nc1ccc([N+](=O)[O-])cc1N1CCOCC1. The molecular formula is C18H18N4O7. The lowest BCUT2D eigenvalue weighted by molar-refractivity contribution is -0.385. The highest BCUT2D eigenvalue weighted by molar-refractivity contribution is 5.95. The number of rotatable bonds is 7. The molecule has 2 aromatic carbocycles. The molecule has 0 radical (unpaired) electrons. The minimum Gasteiger partial charge on any atom is -0.484 e. The Morgan fingerprint density at radius 1 is 1.03 bits per heavy atom. The minimum absolute atomic E-state index is 0.0772. The van der Waals surface area contributed by atoms with E-state index in [0.29, 0.717) is 43.4 Å². The third kappa shape index (κ3) is 5.17. The van der Waals surface area contributed by atoms with E-state index in [1.165, 1.54) is 42.5 Å². The molecular weight excluding hydrogens is 384 g/mol. The van der Waals surface area contributed by atoms with Crippen molar-refractivity contribution in [3.8, 4) is 5.75 Å². The number of amides is 1. The first-order chi connectivity index (χ1) is 13.9. The van der Waals surface area contributed by atoms with Crippen LogP contribution in [0, 0.1) is 20.2 Å². The molecule has 1 N–H and O–H groups in total. The Labute approximate surface area is 165 Å². The summed E-state index contributed by atoms with van der Waals surface area (Å²) in [6.45, 7) is 1.74. The summed E-state index contributed by atoms with van der Waals surface area (Å²) in [5.74, 6) is -0.158. The zero-order valence-electron chi connectivity index (χ0n) is 15.3. The van der Waals surface area contributed by atoms with Crippen molar-refractivity contribution in [3.05, 3.63) is 62.7 Å². The molecule has 1 saturated heterocycles. The summed E-state index contributed by atoms with van der Waals surface area (Å²) in [5.41, 5.74) is 0.801. The lowest BCUT2D eigenvalue weighted by Crippen LogP contribution is -2.37. The predicted octanol–water partition coefficient (Wildman–Crippen LogP) is 2.36. The number of anilines is 2. The molecule has 0 bridgehead atoms. The second kappa shape index (κ2) is 8.97. The average molecular weight is 402 g/mol. The van der Waals surface area contributed by atoms with E-state index >= 15 is 0 Å². The van der Waals surface area contributed by atoms with Crippen LogP contribution < -0.4 is 15.0 Å². The van der Waals surface area contributed by atoms with E-state index in [-0.39, 0.29) is 18.0 Å². The van der Waals surface area contributed by atoms with Crippen LogP contribution >= 0.6 is 0 Å². The zero-order chi connectivity index (χ0) is 20.8. The minimum atomic E-state index is -0.530. The van der Waals surface area contributed by atoms with Gasteiger partial charge < -0.3 is 19.7 Å². The maximum Gasteiger partial charge on any atom is 0.271 e. The van der Waals surface area contributed by atoms with Gasteiger partial charge in [-0.3, -0.25) is 25.0 Å². The Bertz CT molecular complexity index is 911. The molecule has 1 fully saturated rings. The number of non-ortho nitro benzene ring substituents is 2. The summed E-state index contributed by atoms with van der Waals surface area (Å²) in [4.78, 5) is 34.9. The summed E-state index contributed by atoms with van der Waals surface area (Å²) in [6, 6.07) is 9.56. The second-order valence-corrected chi connectivity index (χ2v) is 6.15. The van der Waals surface area contributed by atoms with Gasteiger partial charge in [0.2, 0.25) is 0 Å². The molecule has 0 unspecified atom stereocenters. The molecule has 1 amide bonds. The van der Waals surface area contributed by atoms with E-state index in [1.807, 2.05) is 4.90 Å². The van der Waals surface area contributed by atoms with Gasteiger partial charge in [-0.05, 0) is 18.2 Å². The van der Waals surface area contributed by atoms with Crippen LogP contribution in [0.5, 0.6) is 5.75 Å². The van der Waals surface area contributed by atoms with Gasteiger partial charge in [-0.1, -0.05) is 0 Å². The van der Waals surface area contributed by atoms with Gasteiger partial charge >= 0.3 is 0 Å². The van der Waals surface area contributed by atoms with Crippen molar-refractivity contribution in [2.24, 2.45) is 0 Å². The maximum atomic E-state index is 12.3. The number of nitrogens with one attached hydrogen (secondary N) is 1. The number of carbonyl (C=O) groups excluding carboxylic acids is 1. The Hall–Kier alpha value is -3.73. The Kier molecular flexibility index (Phi) is 6.19. The number of benzene rings is 2. The average Bonchev–Trinajstić information content (AvgIpc) is 2.73. The normalized spacial score (nSPS) is 13.6. The van der Waals surface area contributed by atoms with Gasteiger partial charge in [0.1, 0.15) is 5.75 Å². The molecule has 3 rings (SSSR count). The van der Waals surface area contributed by atoms with Crippen molar-refractivity contribution in [2.75, 3.05) is 43.1 Å². The van der Waals surface area contributed by atoms with Crippen LogP contribution in [0.4, 0.5) is 22.7 Å². The van der Waals surface area contributed by atoms with Gasteiger partial charge in [0, 0.05) is 37.4 Å². The first kappa shape index (κ1) is 20.0. The van der Waals surface area contributed by atoms with Crippen molar-refractivity contribution in [1.82, 2.24) is 0 Å². The van der Waals surface area contributed by atoms with Gasteiger partial charge in [0.25, 0.3) is 17.3 Å². The Morgan fingerprint density at radius 2 is 1.66 bits per heavy atom. The van der Waals surface area contributed by atoms with Crippen molar-refractivity contribution in [3.63, 3.8) is 0 Å². The van der Waals surface area contributed by atoms with E-state index in [1.54, 1.807) is 0 Å². The molecule has 1 aliphatic heterocycles. The van der Waals surface area contributed by atoms with Crippen LogP contribution in [-0.4, -0.2) is 48.7 Å². The van der Waals surface area contributed by atoms with Gasteiger partial charge in [0.05, 0.1) is 34.4 Å². The Morgan fingerprint density at radius 3 is 2.28 bits per heavy atom. The second-order valence-electron chi connectivity index (χ2n) is 6.15. The van der Waals surface area contributed by atoms with E-state index in [0.717, 1.165) is 0 Å². The van der Waals surface area contributed by atoms with Gasteiger partial charge in [-0.25, -0.2) is 0 Å². The molecule has 11 nitrogen and oxygen atoms in total. The quantitative estimate of drug-likeness (QED) is 0.550. The maximum absolute atomic E-state index is 12.3. The monoisotopic (exact) mass is 402 g/mol. The number of nitro benzene ring substituents is 2. The van der Waals surface area contributed by atoms with Crippen molar-refractivity contribution in [2.45, 2.75) is 0 Å². The fraction of sp³-hybridized carbons (Fsp3) is 0.278. The number of hydrogen-bond acceptors (Lipinski definition) is 8. The highest BCUT2D eigenvalue weighted by atomic mass is 16.6. The summed E-state index contributed by atoms with van der Waals surface area (Å²) >= 11 is 0. The largest absolute Gasteiger partial charge is 0.484 e. The lowest BCUT2D eigenvalue weighted by atomic mass is 10.2. The predicted molar refractivity (Wildman–Crippen MR) is 103 cm³/mol. The Balaban J connectivity index is 1.68. The molecule has 0 aliphatic carbocycles. The molecule has 0 atom stereocenters. The highest BCUT2D eigenvalue weighted by Crippen LogP contribution is 2.31. The molecule has 152 valence electrons. The number of morpholine rings is 1. The molecule has 29 heavy (non-hydrogen) atoms. The van der Waals surface area contributed by atoms with Crippen LogP contribution in [0.3, 0.4) is 0 Å². The fourth-order valence-corrected chi connectivity index (χ4v) is 2.80. The molecule has 0 saturated carbocycles. The summed E-state index contributed by atoms with van der Waals surface area (Å²) in [7, 11) is 0. The van der Waals surface area contributed by atoms with E-state index in [4.69, 9.17) is 9.47 Å². The van der Waals surface area contributed by atoms with Gasteiger partial charge in [-0.2, -0.15) is 0 Å². The first-order valence-electron chi connectivity index (χ1n) is 8.72. The lowest BCUT2D eigenvalue weighted by Gasteiger charge is -2.30. The van der Waals surface area contributed by atoms with Crippen LogP contribution in [0.25, 0.3) is 0 Å². The number of ether oxygens (including phenoxy) is 2. The smallest absolute Gasteiger partial charge is 0.271 e. The van der Waals surface area contributed by atoms with Crippen LogP contribution in [0.15, 0.2) is 42.5 Å². The molecule has 11 heteroatoms. The van der Waals surface area contributed by atoms with Crippen molar-refractivity contribution >= 4 is 28.7 Å². The molecule has 0 aromatic heterocycles. The van der Waals surface area contributed by atoms with Gasteiger partial charge in [-0.15, -0.1) is 0 Å². The zero-order valence-corrected chi connectivity index (χ0v) is 15.3. The van der Waals surface area contributed by atoms with E-state index < -0.39 is 15.8 Å². The number of hydrogen-bond donors (Lipinski definition) is 1. The summed E-state index contributed by atoms with van der Waals surface area (Å²) < 4.78 is 10.7. The number of nitro groups is 2. The highest BCUT2D eigenvalue weighted by Gasteiger charge is 2.20. The van der Waals surface area contributed by atoms with Crippen LogP contribution in [0.1, 0.15) is 0 Å². The van der Waals surface area contributed by atoms with Crippen molar-refractivity contribution in [1.29, 1.82) is 0 Å².